The van der Waals surface area contributed by atoms with Crippen LogP contribution in [0.2, 0.25) is 0 Å². The van der Waals surface area contributed by atoms with E-state index in [1.165, 1.54) is 0 Å². The minimum atomic E-state index is 0.182. The molecule has 0 aliphatic heterocycles. The molecule has 130 valence electrons. The van der Waals surface area contributed by atoms with Crippen molar-refractivity contribution in [1.29, 1.82) is 0 Å². The van der Waals surface area contributed by atoms with E-state index in [9.17, 15) is 0 Å². The molecule has 0 amide bonds. The number of ether oxygens (including phenoxy) is 2. The summed E-state index contributed by atoms with van der Waals surface area (Å²) in [5.74, 6) is 2.10. The van der Waals surface area contributed by atoms with E-state index in [-0.39, 0.29) is 5.95 Å². The first kappa shape index (κ1) is 20.3. The van der Waals surface area contributed by atoms with Crippen LogP contribution < -0.4 is 24.5 Å². The Morgan fingerprint density at radius 3 is 2.25 bits per heavy atom. The molecule has 2 radical (unpaired) electrons. The number of hydrogen-bond acceptors (Lipinski definition) is 7. The van der Waals surface area contributed by atoms with Crippen LogP contribution in [0.15, 0.2) is 18.3 Å². The summed E-state index contributed by atoms with van der Waals surface area (Å²) in [6, 6.07) is 4.02. The van der Waals surface area contributed by atoms with Crippen molar-refractivity contribution < 1.29 is 9.47 Å². The van der Waals surface area contributed by atoms with E-state index in [1.807, 2.05) is 32.1 Å². The molecule has 0 aliphatic carbocycles. The first-order chi connectivity index (χ1) is 11.3. The first-order valence-corrected chi connectivity index (χ1v) is 8.91. The summed E-state index contributed by atoms with van der Waals surface area (Å²) in [5, 5.41) is 0. The Morgan fingerprint density at radius 1 is 1.12 bits per heavy atom. The summed E-state index contributed by atoms with van der Waals surface area (Å²) in [4.78, 5) is 9.94. The number of nitrogen functional groups attached to an aromatic ring is 2. The Hall–Kier alpha value is -1.74. The van der Waals surface area contributed by atoms with Crippen LogP contribution in [0.1, 0.15) is 11.1 Å². The van der Waals surface area contributed by atoms with Crippen molar-refractivity contribution in [3.63, 3.8) is 0 Å². The molecule has 0 saturated heterocycles. The molecule has 2 rings (SSSR count). The van der Waals surface area contributed by atoms with E-state index in [0.29, 0.717) is 12.2 Å². The second-order valence-electron chi connectivity index (χ2n) is 5.58. The predicted molar refractivity (Wildman–Crippen MR) is 99.6 cm³/mol. The Balaban J connectivity index is 0.000000648. The maximum atomic E-state index is 5.85. The zero-order valence-corrected chi connectivity index (χ0v) is 18.1. The zero-order chi connectivity index (χ0) is 18.3. The third kappa shape index (κ3) is 6.04. The van der Waals surface area contributed by atoms with Crippen molar-refractivity contribution >= 4 is 37.9 Å². The van der Waals surface area contributed by atoms with Gasteiger partial charge < -0.3 is 4.90 Å². The van der Waals surface area contributed by atoms with Gasteiger partial charge in [0.25, 0.3) is 0 Å². The van der Waals surface area contributed by atoms with Gasteiger partial charge in [-0.3, -0.25) is 0 Å². The van der Waals surface area contributed by atoms with Gasteiger partial charge in [-0.2, -0.15) is 0 Å². The molecule has 0 aliphatic rings. The molecular formula is C16H25N5O2Sn. The SMILES string of the molecule is CN(C)C.COc1cc(Cc2cnc(N)nc2N)c[c]([SnH])c1OC. The normalized spacial score (nSPS) is 10.1. The molecule has 8 heteroatoms. The van der Waals surface area contributed by atoms with Crippen molar-refractivity contribution in [2.24, 2.45) is 0 Å². The molecule has 0 bridgehead atoms. The third-order valence-electron chi connectivity index (χ3n) is 2.88. The predicted octanol–water partition coefficient (Wildman–Crippen LogP) is -0.0471. The third-order valence-corrected chi connectivity index (χ3v) is 4.10. The summed E-state index contributed by atoms with van der Waals surface area (Å²) in [6.07, 6.45) is 2.28. The van der Waals surface area contributed by atoms with E-state index in [4.69, 9.17) is 20.9 Å². The van der Waals surface area contributed by atoms with Gasteiger partial charge in [-0.1, -0.05) is 0 Å². The summed E-state index contributed by atoms with van der Waals surface area (Å²) in [5.41, 5.74) is 13.3. The van der Waals surface area contributed by atoms with Crippen LogP contribution in [0.4, 0.5) is 11.8 Å². The summed E-state index contributed by atoms with van der Waals surface area (Å²) < 4.78 is 11.8. The molecule has 0 saturated carbocycles. The Bertz CT molecular complexity index is 677. The molecule has 0 spiro atoms. The number of hydrogen-bond donors (Lipinski definition) is 2. The molecule has 1 aromatic carbocycles. The van der Waals surface area contributed by atoms with Gasteiger partial charge in [0.15, 0.2) is 0 Å². The summed E-state index contributed by atoms with van der Waals surface area (Å²) >= 11 is 0.934. The van der Waals surface area contributed by atoms with Gasteiger partial charge in [0.1, 0.15) is 0 Å². The molecule has 1 aromatic heterocycles. The van der Waals surface area contributed by atoms with Crippen LogP contribution in [-0.2, 0) is 6.42 Å². The number of anilines is 2. The molecule has 0 atom stereocenters. The van der Waals surface area contributed by atoms with E-state index < -0.39 is 0 Å². The monoisotopic (exact) mass is 439 g/mol. The summed E-state index contributed by atoms with van der Waals surface area (Å²) in [7, 11) is 9.27. The topological polar surface area (TPSA) is 99.5 Å². The zero-order valence-electron chi connectivity index (χ0n) is 14.8. The fourth-order valence-corrected chi connectivity index (χ4v) is 3.30. The number of nitrogens with two attached hydrogens (primary N) is 2. The minimum absolute atomic E-state index is 0.182. The molecule has 1 heterocycles. The van der Waals surface area contributed by atoms with Crippen LogP contribution in [0, 0.1) is 0 Å². The first-order valence-electron chi connectivity index (χ1n) is 7.26. The number of nitrogens with zero attached hydrogens (tertiary/aromatic N) is 3. The number of aromatic nitrogens is 2. The molecule has 0 unspecified atom stereocenters. The van der Waals surface area contributed by atoms with Crippen LogP contribution in [0.25, 0.3) is 0 Å². The molecule has 4 N–H and O–H groups in total. The van der Waals surface area contributed by atoms with E-state index in [1.54, 1.807) is 20.4 Å². The van der Waals surface area contributed by atoms with Crippen molar-refractivity contribution in [2.45, 2.75) is 6.42 Å². The van der Waals surface area contributed by atoms with Crippen molar-refractivity contribution in [3.05, 3.63) is 29.5 Å². The molecule has 0 fully saturated rings. The molecular weight excluding hydrogens is 413 g/mol. The quantitative estimate of drug-likeness (QED) is 0.647. The fraction of sp³-hybridized carbons (Fsp3) is 0.375. The van der Waals surface area contributed by atoms with E-state index >= 15 is 0 Å². The van der Waals surface area contributed by atoms with Gasteiger partial charge in [-0.25, -0.2) is 0 Å². The Kier molecular flexibility index (Phi) is 8.06. The second kappa shape index (κ2) is 9.53. The van der Waals surface area contributed by atoms with Gasteiger partial charge in [-0.05, 0) is 21.1 Å². The van der Waals surface area contributed by atoms with Gasteiger partial charge in [-0.15, -0.1) is 0 Å². The van der Waals surface area contributed by atoms with Gasteiger partial charge in [0.2, 0.25) is 0 Å². The number of rotatable bonds is 4. The van der Waals surface area contributed by atoms with E-state index in [0.717, 1.165) is 48.7 Å². The van der Waals surface area contributed by atoms with Gasteiger partial charge >= 0.3 is 130 Å². The maximum absolute atomic E-state index is 5.85. The average molecular weight is 438 g/mol. The number of methoxy groups -OCH3 is 2. The molecule has 2 aromatic rings. The molecule has 7 nitrogen and oxygen atoms in total. The Morgan fingerprint density at radius 2 is 1.75 bits per heavy atom. The number of benzene rings is 1. The van der Waals surface area contributed by atoms with Crippen LogP contribution in [0.3, 0.4) is 0 Å². The van der Waals surface area contributed by atoms with Gasteiger partial charge in [0.05, 0.1) is 0 Å². The van der Waals surface area contributed by atoms with Crippen LogP contribution in [-0.4, -0.2) is 72.8 Å². The summed E-state index contributed by atoms with van der Waals surface area (Å²) in [6.45, 7) is 0. The fourth-order valence-electron chi connectivity index (χ4n) is 1.95. The average Bonchev–Trinajstić information content (AvgIpc) is 2.49. The van der Waals surface area contributed by atoms with Gasteiger partial charge in [0, 0.05) is 0 Å². The van der Waals surface area contributed by atoms with Crippen LogP contribution >= 0.6 is 0 Å². The standard InChI is InChI=1S/C13H15N4O2.C3H9N.Sn.H/c1-18-10-4-3-8(6-11(10)19-2)5-9-7-16-13(15)17-12(9)14;1-4(2)3;;/h3,6-7H,5H2,1-2H3,(H4,14,15,16,17);1-3H3;;. The van der Waals surface area contributed by atoms with Crippen molar-refractivity contribution in [3.8, 4) is 11.5 Å². The Labute approximate surface area is 156 Å². The van der Waals surface area contributed by atoms with E-state index in [2.05, 4.69) is 16.0 Å². The van der Waals surface area contributed by atoms with Crippen molar-refractivity contribution in [2.75, 3.05) is 46.8 Å². The van der Waals surface area contributed by atoms with Crippen molar-refractivity contribution in [1.82, 2.24) is 14.9 Å². The van der Waals surface area contributed by atoms with Crippen LogP contribution in [0.5, 0.6) is 11.5 Å². The second-order valence-corrected chi connectivity index (χ2v) is 7.35. The molecule has 24 heavy (non-hydrogen) atoms.